The van der Waals surface area contributed by atoms with E-state index in [1.807, 2.05) is 35.6 Å². The van der Waals surface area contributed by atoms with E-state index in [0.29, 0.717) is 0 Å². The van der Waals surface area contributed by atoms with Gasteiger partial charge < -0.3 is 4.57 Å². The molecule has 10 rings (SSSR count). The highest BCUT2D eigenvalue weighted by molar-refractivity contribution is 7.26. The first-order valence-electron chi connectivity index (χ1n) is 16.8. The van der Waals surface area contributed by atoms with Crippen LogP contribution in [-0.4, -0.2) is 14.5 Å². The molecule has 0 bridgehead atoms. The maximum Gasteiger partial charge on any atom is 0.160 e. The van der Waals surface area contributed by atoms with Crippen LogP contribution in [0.2, 0.25) is 0 Å². The lowest BCUT2D eigenvalue weighted by molar-refractivity contribution is 1.18. The molecule has 10 aromatic rings. The van der Waals surface area contributed by atoms with Gasteiger partial charge in [-0.1, -0.05) is 140 Å². The van der Waals surface area contributed by atoms with Crippen LogP contribution >= 0.6 is 11.3 Å². The van der Waals surface area contributed by atoms with E-state index in [0.717, 1.165) is 39.6 Å². The van der Waals surface area contributed by atoms with E-state index in [9.17, 15) is 0 Å². The van der Waals surface area contributed by atoms with Crippen molar-refractivity contribution in [2.75, 3.05) is 0 Å². The first kappa shape index (κ1) is 28.6. The van der Waals surface area contributed by atoms with E-state index >= 15 is 0 Å². The quantitative estimate of drug-likeness (QED) is 0.185. The second kappa shape index (κ2) is 11.7. The molecule has 3 aromatic heterocycles. The molecule has 3 heterocycles. The maximum atomic E-state index is 5.20. The van der Waals surface area contributed by atoms with Crippen LogP contribution in [0, 0.1) is 0 Å². The fourth-order valence-corrected chi connectivity index (χ4v) is 8.60. The third-order valence-electron chi connectivity index (χ3n) is 9.63. The first-order chi connectivity index (χ1) is 24.8. The molecule has 3 nitrogen and oxygen atoms in total. The molecule has 4 heteroatoms. The smallest absolute Gasteiger partial charge is 0.160 e. The molecule has 0 amide bonds. The lowest BCUT2D eigenvalue weighted by Gasteiger charge is -2.11. The largest absolute Gasteiger partial charge is 0.309 e. The minimum atomic E-state index is 0.723. The number of hydrogen-bond acceptors (Lipinski definition) is 3. The second-order valence-electron chi connectivity index (χ2n) is 12.6. The van der Waals surface area contributed by atoms with Gasteiger partial charge in [0.2, 0.25) is 0 Å². The summed E-state index contributed by atoms with van der Waals surface area (Å²) in [6.07, 6.45) is 0. The minimum Gasteiger partial charge on any atom is -0.309 e. The number of nitrogens with zero attached hydrogens (tertiary/aromatic N) is 3. The molecule has 0 saturated carbocycles. The Balaban J connectivity index is 1.19. The molecule has 0 aliphatic rings. The van der Waals surface area contributed by atoms with Gasteiger partial charge >= 0.3 is 0 Å². The predicted octanol–water partition coefficient (Wildman–Crippen LogP) is 12.6. The number of aromatic nitrogens is 3. The third kappa shape index (κ3) is 4.65. The van der Waals surface area contributed by atoms with E-state index in [1.165, 1.54) is 53.1 Å². The van der Waals surface area contributed by atoms with Crippen LogP contribution in [0.3, 0.4) is 0 Å². The summed E-state index contributed by atoms with van der Waals surface area (Å²) in [4.78, 5) is 10.2. The van der Waals surface area contributed by atoms with Crippen molar-refractivity contribution >= 4 is 53.3 Å². The van der Waals surface area contributed by atoms with Crippen molar-refractivity contribution in [3.63, 3.8) is 0 Å². The van der Waals surface area contributed by atoms with Gasteiger partial charge in [-0.3, -0.25) is 0 Å². The summed E-state index contributed by atoms with van der Waals surface area (Å²) in [6.45, 7) is 0. The Morgan fingerprint density at radius 2 is 1.06 bits per heavy atom. The summed E-state index contributed by atoms with van der Waals surface area (Å²) in [5.41, 5.74) is 11.0. The zero-order valence-electron chi connectivity index (χ0n) is 27.0. The van der Waals surface area contributed by atoms with Crippen LogP contribution in [-0.2, 0) is 0 Å². The van der Waals surface area contributed by atoms with Crippen LogP contribution in [0.25, 0.3) is 92.7 Å². The molecule has 7 aromatic carbocycles. The van der Waals surface area contributed by atoms with Gasteiger partial charge in [-0.25, -0.2) is 9.97 Å². The maximum absolute atomic E-state index is 5.20. The number of thiophene rings is 1. The minimum absolute atomic E-state index is 0.723. The van der Waals surface area contributed by atoms with Gasteiger partial charge in [0.1, 0.15) is 0 Å². The van der Waals surface area contributed by atoms with Crippen molar-refractivity contribution < 1.29 is 0 Å². The van der Waals surface area contributed by atoms with Gasteiger partial charge in [0.25, 0.3) is 0 Å². The molecule has 0 aliphatic heterocycles. The normalized spacial score (nSPS) is 11.6. The second-order valence-corrected chi connectivity index (χ2v) is 13.6. The fraction of sp³-hybridized carbons (Fsp3) is 0. The standard InChI is InChI=1S/C46H29N3S/c1-4-14-30(15-5-1)39-29-40(48-46(47-39)31-16-6-2-7-17-31)37-22-13-25-43-44(37)38-23-12-21-34(45(38)50-43)32-26-27-36-35-20-10-11-24-41(35)49(42(36)28-32)33-18-8-3-9-19-33/h1-29H. The van der Waals surface area contributed by atoms with Crippen molar-refractivity contribution in [3.05, 3.63) is 176 Å². The van der Waals surface area contributed by atoms with Gasteiger partial charge in [0.15, 0.2) is 5.82 Å². The van der Waals surface area contributed by atoms with Gasteiger partial charge in [-0.05, 0) is 47.5 Å². The Morgan fingerprint density at radius 3 is 1.88 bits per heavy atom. The molecule has 50 heavy (non-hydrogen) atoms. The Kier molecular flexibility index (Phi) is 6.68. The van der Waals surface area contributed by atoms with Crippen molar-refractivity contribution in [3.8, 4) is 50.7 Å². The zero-order valence-corrected chi connectivity index (χ0v) is 27.8. The van der Waals surface area contributed by atoms with Crippen molar-refractivity contribution in [2.45, 2.75) is 0 Å². The highest BCUT2D eigenvalue weighted by Crippen LogP contribution is 2.45. The average Bonchev–Trinajstić information content (AvgIpc) is 3.74. The molecule has 0 N–H and O–H groups in total. The number of rotatable bonds is 5. The Hall–Kier alpha value is -6.36. The summed E-state index contributed by atoms with van der Waals surface area (Å²) in [7, 11) is 0. The van der Waals surface area contributed by atoms with E-state index in [-0.39, 0.29) is 0 Å². The molecule has 0 fully saturated rings. The van der Waals surface area contributed by atoms with Crippen LogP contribution in [0.15, 0.2) is 176 Å². The van der Waals surface area contributed by atoms with Crippen molar-refractivity contribution in [2.24, 2.45) is 0 Å². The van der Waals surface area contributed by atoms with E-state index in [1.54, 1.807) is 0 Å². The van der Waals surface area contributed by atoms with E-state index in [2.05, 4.69) is 156 Å². The van der Waals surface area contributed by atoms with Gasteiger partial charge in [0, 0.05) is 53.3 Å². The van der Waals surface area contributed by atoms with E-state index in [4.69, 9.17) is 9.97 Å². The van der Waals surface area contributed by atoms with E-state index < -0.39 is 0 Å². The molecule has 0 saturated heterocycles. The average molecular weight is 656 g/mol. The highest BCUT2D eigenvalue weighted by Gasteiger charge is 2.19. The molecule has 234 valence electrons. The summed E-state index contributed by atoms with van der Waals surface area (Å²) in [5, 5.41) is 4.98. The molecule has 0 radical (unpaired) electrons. The molecule has 0 aliphatic carbocycles. The molecule has 0 unspecified atom stereocenters. The van der Waals surface area contributed by atoms with Crippen molar-refractivity contribution in [1.29, 1.82) is 0 Å². The lowest BCUT2D eigenvalue weighted by Crippen LogP contribution is -1.96. The predicted molar refractivity (Wildman–Crippen MR) is 211 cm³/mol. The number of hydrogen-bond donors (Lipinski definition) is 0. The lowest BCUT2D eigenvalue weighted by atomic mass is 9.98. The summed E-state index contributed by atoms with van der Waals surface area (Å²) >= 11 is 1.85. The summed E-state index contributed by atoms with van der Waals surface area (Å²) < 4.78 is 4.91. The van der Waals surface area contributed by atoms with Crippen LogP contribution in [0.5, 0.6) is 0 Å². The SMILES string of the molecule is c1ccc(-c2cc(-c3cccc4sc5c(-c6ccc7c8ccccc8n(-c8ccccc8)c7c6)cccc5c34)nc(-c3ccccc3)n2)cc1. The van der Waals surface area contributed by atoms with Crippen molar-refractivity contribution in [1.82, 2.24) is 14.5 Å². The topological polar surface area (TPSA) is 30.7 Å². The summed E-state index contributed by atoms with van der Waals surface area (Å²) in [5.74, 6) is 0.723. The molecule has 0 atom stereocenters. The number of fused-ring (bicyclic) bond motifs is 6. The molecule has 0 spiro atoms. The monoisotopic (exact) mass is 655 g/mol. The van der Waals surface area contributed by atoms with Crippen LogP contribution in [0.4, 0.5) is 0 Å². The molecular formula is C46H29N3S. The Morgan fingerprint density at radius 1 is 0.420 bits per heavy atom. The zero-order chi connectivity index (χ0) is 33.0. The fourth-order valence-electron chi connectivity index (χ4n) is 7.34. The number of benzene rings is 7. The van der Waals surface area contributed by atoms with Gasteiger partial charge in [0.05, 0.1) is 22.4 Å². The Labute approximate surface area is 293 Å². The Bertz CT molecular complexity index is 2800. The van der Waals surface area contributed by atoms with Crippen LogP contribution < -0.4 is 0 Å². The van der Waals surface area contributed by atoms with Gasteiger partial charge in [-0.2, -0.15) is 0 Å². The summed E-state index contributed by atoms with van der Waals surface area (Å²) in [6, 6.07) is 62.4. The highest BCUT2D eigenvalue weighted by atomic mass is 32.1. The first-order valence-corrected chi connectivity index (χ1v) is 17.7. The molecular weight excluding hydrogens is 627 g/mol. The van der Waals surface area contributed by atoms with Gasteiger partial charge in [-0.15, -0.1) is 11.3 Å². The van der Waals surface area contributed by atoms with Crippen LogP contribution in [0.1, 0.15) is 0 Å². The number of para-hydroxylation sites is 2. The third-order valence-corrected chi connectivity index (χ3v) is 10.8.